The summed E-state index contributed by atoms with van der Waals surface area (Å²) in [5.74, 6) is -0.00598. The maximum atomic E-state index is 12.9. The minimum Gasteiger partial charge on any atom is -0.311 e. The molecule has 2 atom stereocenters. The summed E-state index contributed by atoms with van der Waals surface area (Å²) >= 11 is 0. The number of hydrogen-bond donors (Lipinski definition) is 1. The van der Waals surface area contributed by atoms with Crippen LogP contribution < -0.4 is 5.32 Å². The number of sulfonamides is 1. The van der Waals surface area contributed by atoms with Crippen LogP contribution in [0.5, 0.6) is 0 Å². The molecule has 8 heteroatoms. The van der Waals surface area contributed by atoms with Crippen LogP contribution in [0.3, 0.4) is 0 Å². The van der Waals surface area contributed by atoms with E-state index in [9.17, 15) is 16.8 Å². The van der Waals surface area contributed by atoms with E-state index in [1.54, 1.807) is 4.31 Å². The van der Waals surface area contributed by atoms with Crippen LogP contribution in [0.15, 0.2) is 0 Å². The van der Waals surface area contributed by atoms with Crippen molar-refractivity contribution in [2.75, 3.05) is 24.6 Å². The second-order valence-electron chi connectivity index (χ2n) is 6.04. The van der Waals surface area contributed by atoms with Gasteiger partial charge >= 0.3 is 0 Å². The van der Waals surface area contributed by atoms with Crippen molar-refractivity contribution in [1.29, 1.82) is 0 Å². The number of hydrogen-bond acceptors (Lipinski definition) is 5. The number of rotatable bonds is 4. The fourth-order valence-corrected chi connectivity index (χ4v) is 7.16. The molecular formula is C13H26N2O4S2. The topological polar surface area (TPSA) is 83.6 Å². The number of nitrogens with one attached hydrogen (secondary N) is 1. The van der Waals surface area contributed by atoms with Crippen LogP contribution in [-0.2, 0) is 19.9 Å². The highest BCUT2D eigenvalue weighted by Crippen LogP contribution is 2.26. The molecule has 0 aromatic heterocycles. The fraction of sp³-hybridized carbons (Fsp3) is 1.00. The second kappa shape index (κ2) is 6.52. The first-order chi connectivity index (χ1) is 9.80. The van der Waals surface area contributed by atoms with Crippen LogP contribution in [0, 0.1) is 0 Å². The van der Waals surface area contributed by atoms with Crippen LogP contribution in [0.2, 0.25) is 0 Å². The molecule has 0 aromatic carbocycles. The highest BCUT2D eigenvalue weighted by molar-refractivity contribution is 7.92. The summed E-state index contributed by atoms with van der Waals surface area (Å²) in [4.78, 5) is 0. The van der Waals surface area contributed by atoms with E-state index in [1.807, 2.05) is 13.8 Å². The molecule has 1 N–H and O–H groups in total. The third-order valence-corrected chi connectivity index (χ3v) is 8.79. The molecule has 2 saturated heterocycles. The molecule has 2 heterocycles. The van der Waals surface area contributed by atoms with E-state index < -0.39 is 25.1 Å². The van der Waals surface area contributed by atoms with Crippen molar-refractivity contribution < 1.29 is 16.8 Å². The number of nitrogens with zero attached hydrogens (tertiary/aromatic N) is 1. The van der Waals surface area contributed by atoms with Crippen molar-refractivity contribution >= 4 is 19.9 Å². The monoisotopic (exact) mass is 338 g/mol. The Hall–Kier alpha value is -0.180. The maximum Gasteiger partial charge on any atom is 0.217 e. The van der Waals surface area contributed by atoms with Gasteiger partial charge in [0.1, 0.15) is 9.84 Å². The van der Waals surface area contributed by atoms with Crippen molar-refractivity contribution in [1.82, 2.24) is 9.62 Å². The Balaban J connectivity index is 2.16. The summed E-state index contributed by atoms with van der Waals surface area (Å²) in [5, 5.41) is 2.85. The van der Waals surface area contributed by atoms with E-state index in [-0.39, 0.29) is 36.4 Å². The van der Waals surface area contributed by atoms with Gasteiger partial charge in [0.15, 0.2) is 0 Å². The van der Waals surface area contributed by atoms with Crippen LogP contribution in [0.4, 0.5) is 0 Å². The molecule has 0 saturated carbocycles. The molecule has 2 unspecified atom stereocenters. The molecule has 0 aliphatic carbocycles. The van der Waals surface area contributed by atoms with Crippen molar-refractivity contribution in [2.24, 2.45) is 0 Å². The second-order valence-corrected chi connectivity index (χ2v) is 10.5. The van der Waals surface area contributed by atoms with Gasteiger partial charge in [0, 0.05) is 25.2 Å². The van der Waals surface area contributed by atoms with E-state index in [4.69, 9.17) is 0 Å². The Labute approximate surface area is 128 Å². The van der Waals surface area contributed by atoms with E-state index in [0.29, 0.717) is 13.1 Å². The summed E-state index contributed by atoms with van der Waals surface area (Å²) in [6.07, 6.45) is 2.14. The average Bonchev–Trinajstić information content (AvgIpc) is 2.46. The SMILES string of the molecule is CCC1CN(S(=O)(=O)C2CCS(=O)(=O)CC2)C(CC)CN1. The third kappa shape index (κ3) is 3.78. The molecule has 0 amide bonds. The summed E-state index contributed by atoms with van der Waals surface area (Å²) in [7, 11) is -6.45. The normalized spacial score (nSPS) is 32.1. The molecule has 2 rings (SSSR count). The largest absolute Gasteiger partial charge is 0.311 e. The predicted octanol–water partition coefficient (Wildman–Crippen LogP) is 0.356. The molecule has 0 aromatic rings. The summed E-state index contributed by atoms with van der Waals surface area (Å²) in [6, 6.07) is 0.172. The lowest BCUT2D eigenvalue weighted by Crippen LogP contribution is -2.59. The molecule has 0 bridgehead atoms. The van der Waals surface area contributed by atoms with Gasteiger partial charge in [0.25, 0.3) is 0 Å². The molecule has 21 heavy (non-hydrogen) atoms. The van der Waals surface area contributed by atoms with Crippen LogP contribution in [-0.4, -0.2) is 63.1 Å². The number of sulfone groups is 1. The minimum atomic E-state index is -3.41. The molecule has 0 radical (unpaired) electrons. The lowest BCUT2D eigenvalue weighted by molar-refractivity contribution is 0.213. The zero-order chi connectivity index (χ0) is 15.7. The maximum absolute atomic E-state index is 12.9. The van der Waals surface area contributed by atoms with Crippen molar-refractivity contribution in [2.45, 2.75) is 56.9 Å². The van der Waals surface area contributed by atoms with Crippen LogP contribution in [0.25, 0.3) is 0 Å². The average molecular weight is 338 g/mol. The summed E-state index contributed by atoms with van der Waals surface area (Å²) < 4.78 is 50.4. The Bertz CT molecular complexity index is 545. The van der Waals surface area contributed by atoms with Gasteiger partial charge in [-0.15, -0.1) is 0 Å². The molecular weight excluding hydrogens is 312 g/mol. The van der Waals surface area contributed by atoms with Gasteiger partial charge in [0.05, 0.1) is 16.8 Å². The van der Waals surface area contributed by atoms with Crippen molar-refractivity contribution in [3.05, 3.63) is 0 Å². The van der Waals surface area contributed by atoms with E-state index in [1.165, 1.54) is 0 Å². The highest BCUT2D eigenvalue weighted by atomic mass is 32.2. The zero-order valence-corrected chi connectivity index (χ0v) is 14.4. The van der Waals surface area contributed by atoms with Crippen LogP contribution >= 0.6 is 0 Å². The summed E-state index contributed by atoms with van der Waals surface area (Å²) in [5.41, 5.74) is 0. The first kappa shape index (κ1) is 17.2. The lowest BCUT2D eigenvalue weighted by atomic mass is 10.1. The quantitative estimate of drug-likeness (QED) is 0.800. The smallest absolute Gasteiger partial charge is 0.217 e. The highest BCUT2D eigenvalue weighted by Gasteiger charge is 2.41. The lowest BCUT2D eigenvalue weighted by Gasteiger charge is -2.41. The van der Waals surface area contributed by atoms with Gasteiger partial charge < -0.3 is 5.32 Å². The molecule has 2 aliphatic heterocycles. The van der Waals surface area contributed by atoms with Gasteiger partial charge in [-0.1, -0.05) is 13.8 Å². The Morgan fingerprint density at radius 2 is 1.76 bits per heavy atom. The first-order valence-corrected chi connectivity index (χ1v) is 11.1. The van der Waals surface area contributed by atoms with E-state index >= 15 is 0 Å². The van der Waals surface area contributed by atoms with Crippen molar-refractivity contribution in [3.8, 4) is 0 Å². The van der Waals surface area contributed by atoms with Gasteiger partial charge in [-0.05, 0) is 25.7 Å². The first-order valence-electron chi connectivity index (χ1n) is 7.74. The van der Waals surface area contributed by atoms with Gasteiger partial charge in [-0.25, -0.2) is 16.8 Å². The van der Waals surface area contributed by atoms with Gasteiger partial charge in [0.2, 0.25) is 10.0 Å². The fourth-order valence-electron chi connectivity index (χ4n) is 3.13. The van der Waals surface area contributed by atoms with Crippen molar-refractivity contribution in [3.63, 3.8) is 0 Å². The zero-order valence-electron chi connectivity index (χ0n) is 12.8. The Kier molecular flexibility index (Phi) is 5.33. The Morgan fingerprint density at radius 3 is 2.29 bits per heavy atom. The predicted molar refractivity (Wildman–Crippen MR) is 83.5 cm³/mol. The standard InChI is InChI=1S/C13H26N2O4S2/c1-3-11-10-15(12(4-2)9-14-11)21(18,19)13-5-7-20(16,17)8-6-13/h11-14H,3-10H2,1-2H3. The van der Waals surface area contributed by atoms with E-state index in [2.05, 4.69) is 5.32 Å². The molecule has 2 fully saturated rings. The van der Waals surface area contributed by atoms with Crippen LogP contribution in [0.1, 0.15) is 39.5 Å². The van der Waals surface area contributed by atoms with Gasteiger partial charge in [-0.2, -0.15) is 4.31 Å². The van der Waals surface area contributed by atoms with Gasteiger partial charge in [-0.3, -0.25) is 0 Å². The minimum absolute atomic E-state index is 0.00299. The summed E-state index contributed by atoms with van der Waals surface area (Å²) in [6.45, 7) is 5.22. The number of piperazine rings is 1. The molecule has 2 aliphatic rings. The molecule has 124 valence electrons. The Morgan fingerprint density at radius 1 is 1.14 bits per heavy atom. The molecule has 6 nitrogen and oxygen atoms in total. The van der Waals surface area contributed by atoms with E-state index in [0.717, 1.165) is 12.8 Å². The molecule has 0 spiro atoms. The third-order valence-electron chi connectivity index (χ3n) is 4.66.